The van der Waals surface area contributed by atoms with Crippen molar-refractivity contribution in [3.05, 3.63) is 12.2 Å². The summed E-state index contributed by atoms with van der Waals surface area (Å²) in [6.45, 7) is 3.52. The first-order chi connectivity index (χ1) is 5.93. The van der Waals surface area contributed by atoms with Crippen LogP contribution in [-0.4, -0.2) is 32.3 Å². The van der Waals surface area contributed by atoms with E-state index in [1.807, 2.05) is 0 Å². The highest BCUT2D eigenvalue weighted by atomic mass is 16.5. The van der Waals surface area contributed by atoms with Gasteiger partial charge >= 0.3 is 0 Å². The van der Waals surface area contributed by atoms with Crippen LogP contribution in [0.2, 0.25) is 0 Å². The van der Waals surface area contributed by atoms with Crippen molar-refractivity contribution in [2.24, 2.45) is 5.73 Å². The smallest absolute Gasteiger partial charge is 0.0880 e. The molecule has 1 atom stereocenters. The second kappa shape index (κ2) is 6.17. The molecule has 0 bridgehead atoms. The Morgan fingerprint density at radius 2 is 2.50 bits per heavy atom. The van der Waals surface area contributed by atoms with Gasteiger partial charge in [-0.3, -0.25) is 0 Å². The summed E-state index contributed by atoms with van der Waals surface area (Å²) in [5.41, 5.74) is 5.36. The molecule has 3 heteroatoms. The molecule has 0 spiro atoms. The minimum absolute atomic E-state index is 0.275. The fourth-order valence-corrected chi connectivity index (χ4v) is 1.19. The van der Waals surface area contributed by atoms with Gasteiger partial charge in [0.25, 0.3) is 0 Å². The van der Waals surface area contributed by atoms with Crippen molar-refractivity contribution in [1.82, 2.24) is 5.32 Å². The molecule has 0 aliphatic carbocycles. The van der Waals surface area contributed by atoms with E-state index in [2.05, 4.69) is 17.5 Å². The van der Waals surface area contributed by atoms with E-state index >= 15 is 0 Å². The Bertz CT molecular complexity index is 136. The largest absolute Gasteiger partial charge is 0.373 e. The van der Waals surface area contributed by atoms with Crippen LogP contribution in [0.4, 0.5) is 0 Å². The number of rotatable bonds is 5. The SMILES string of the molecule is NCCCNCC1C=CCCO1. The van der Waals surface area contributed by atoms with Gasteiger partial charge in [0.1, 0.15) is 0 Å². The molecule has 0 aromatic carbocycles. The van der Waals surface area contributed by atoms with Gasteiger partial charge in [0, 0.05) is 6.54 Å². The average Bonchev–Trinajstić information content (AvgIpc) is 2.14. The van der Waals surface area contributed by atoms with Gasteiger partial charge in [-0.2, -0.15) is 0 Å². The molecule has 70 valence electrons. The molecule has 0 radical (unpaired) electrons. The number of ether oxygens (including phenoxy) is 1. The van der Waals surface area contributed by atoms with Crippen LogP contribution < -0.4 is 11.1 Å². The van der Waals surface area contributed by atoms with Gasteiger partial charge in [-0.15, -0.1) is 0 Å². The van der Waals surface area contributed by atoms with E-state index in [9.17, 15) is 0 Å². The highest BCUT2D eigenvalue weighted by Crippen LogP contribution is 2.02. The van der Waals surface area contributed by atoms with Crippen LogP contribution in [-0.2, 0) is 4.74 Å². The van der Waals surface area contributed by atoms with Crippen molar-refractivity contribution in [1.29, 1.82) is 0 Å². The van der Waals surface area contributed by atoms with Gasteiger partial charge in [-0.1, -0.05) is 12.2 Å². The summed E-state index contributed by atoms with van der Waals surface area (Å²) in [4.78, 5) is 0. The van der Waals surface area contributed by atoms with E-state index in [0.717, 1.165) is 39.1 Å². The van der Waals surface area contributed by atoms with E-state index in [0.29, 0.717) is 0 Å². The van der Waals surface area contributed by atoms with Crippen LogP contribution in [0.15, 0.2) is 12.2 Å². The molecule has 0 saturated heterocycles. The molecule has 1 aliphatic heterocycles. The lowest BCUT2D eigenvalue weighted by molar-refractivity contribution is 0.0798. The Hall–Kier alpha value is -0.380. The quantitative estimate of drug-likeness (QED) is 0.460. The molecular weight excluding hydrogens is 152 g/mol. The molecule has 3 nitrogen and oxygen atoms in total. The number of nitrogens with two attached hydrogens (primary N) is 1. The van der Waals surface area contributed by atoms with E-state index in [-0.39, 0.29) is 6.10 Å². The first-order valence-electron chi connectivity index (χ1n) is 4.62. The van der Waals surface area contributed by atoms with Crippen molar-refractivity contribution in [2.75, 3.05) is 26.2 Å². The summed E-state index contributed by atoms with van der Waals surface area (Å²) in [6, 6.07) is 0. The van der Waals surface area contributed by atoms with E-state index in [1.54, 1.807) is 0 Å². The predicted octanol–water partition coefficient (Wildman–Crippen LogP) is 0.270. The van der Waals surface area contributed by atoms with Crippen molar-refractivity contribution >= 4 is 0 Å². The Labute approximate surface area is 74.0 Å². The zero-order valence-corrected chi connectivity index (χ0v) is 7.46. The van der Waals surface area contributed by atoms with Gasteiger partial charge in [-0.25, -0.2) is 0 Å². The molecule has 1 rings (SSSR count). The molecule has 3 N–H and O–H groups in total. The van der Waals surface area contributed by atoms with Crippen LogP contribution in [0.1, 0.15) is 12.8 Å². The molecule has 1 heterocycles. The van der Waals surface area contributed by atoms with Crippen molar-refractivity contribution in [3.8, 4) is 0 Å². The summed E-state index contributed by atoms with van der Waals surface area (Å²) >= 11 is 0. The lowest BCUT2D eigenvalue weighted by atomic mass is 10.2. The highest BCUT2D eigenvalue weighted by Gasteiger charge is 2.06. The summed E-state index contributed by atoms with van der Waals surface area (Å²) in [5, 5.41) is 3.30. The second-order valence-corrected chi connectivity index (χ2v) is 2.97. The molecular formula is C9H18N2O. The predicted molar refractivity (Wildman–Crippen MR) is 50.0 cm³/mol. The third kappa shape index (κ3) is 3.85. The van der Waals surface area contributed by atoms with Crippen LogP contribution in [0.3, 0.4) is 0 Å². The average molecular weight is 170 g/mol. The number of nitrogens with one attached hydrogen (secondary N) is 1. The molecule has 1 unspecified atom stereocenters. The molecule has 0 fully saturated rings. The fourth-order valence-electron chi connectivity index (χ4n) is 1.19. The lowest BCUT2D eigenvalue weighted by Gasteiger charge is -2.17. The summed E-state index contributed by atoms with van der Waals surface area (Å²) in [7, 11) is 0. The summed E-state index contributed by atoms with van der Waals surface area (Å²) in [5.74, 6) is 0. The van der Waals surface area contributed by atoms with E-state index in [4.69, 9.17) is 10.5 Å². The van der Waals surface area contributed by atoms with Crippen molar-refractivity contribution in [3.63, 3.8) is 0 Å². The van der Waals surface area contributed by atoms with Gasteiger partial charge in [0.2, 0.25) is 0 Å². The molecule has 12 heavy (non-hydrogen) atoms. The third-order valence-corrected chi connectivity index (χ3v) is 1.87. The fraction of sp³-hybridized carbons (Fsp3) is 0.778. The normalized spacial score (nSPS) is 22.9. The maximum Gasteiger partial charge on any atom is 0.0880 e. The second-order valence-electron chi connectivity index (χ2n) is 2.97. The highest BCUT2D eigenvalue weighted by molar-refractivity contribution is 4.93. The van der Waals surface area contributed by atoms with Crippen molar-refractivity contribution < 1.29 is 4.74 Å². The van der Waals surface area contributed by atoms with E-state index in [1.165, 1.54) is 0 Å². The topological polar surface area (TPSA) is 47.3 Å². The van der Waals surface area contributed by atoms with Crippen LogP contribution >= 0.6 is 0 Å². The molecule has 0 saturated carbocycles. The maximum atomic E-state index is 5.48. The zero-order chi connectivity index (χ0) is 8.65. The first-order valence-corrected chi connectivity index (χ1v) is 4.62. The van der Waals surface area contributed by atoms with Gasteiger partial charge < -0.3 is 15.8 Å². The van der Waals surface area contributed by atoms with Crippen LogP contribution in [0, 0.1) is 0 Å². The molecule has 0 amide bonds. The summed E-state index contributed by atoms with van der Waals surface area (Å²) in [6.07, 6.45) is 6.67. The first kappa shape index (κ1) is 9.71. The molecule has 0 aromatic rings. The summed E-state index contributed by atoms with van der Waals surface area (Å²) < 4.78 is 5.48. The Morgan fingerprint density at radius 3 is 3.17 bits per heavy atom. The monoisotopic (exact) mass is 170 g/mol. The maximum absolute atomic E-state index is 5.48. The van der Waals surface area contributed by atoms with E-state index < -0.39 is 0 Å². The molecule has 0 aromatic heterocycles. The third-order valence-electron chi connectivity index (χ3n) is 1.87. The minimum atomic E-state index is 0.275. The lowest BCUT2D eigenvalue weighted by Crippen LogP contribution is -2.30. The van der Waals surface area contributed by atoms with Gasteiger partial charge in [-0.05, 0) is 25.9 Å². The van der Waals surface area contributed by atoms with Crippen LogP contribution in [0.5, 0.6) is 0 Å². The Morgan fingerprint density at radius 1 is 1.58 bits per heavy atom. The van der Waals surface area contributed by atoms with Gasteiger partial charge in [0.05, 0.1) is 12.7 Å². The standard InChI is InChI=1S/C9H18N2O/c10-5-3-6-11-8-9-4-1-2-7-12-9/h1,4,9,11H,2-3,5-8,10H2. The molecule has 1 aliphatic rings. The van der Waals surface area contributed by atoms with Crippen molar-refractivity contribution in [2.45, 2.75) is 18.9 Å². The number of hydrogen-bond donors (Lipinski definition) is 2. The zero-order valence-electron chi connectivity index (χ0n) is 7.46. The Kier molecular flexibility index (Phi) is 4.99. The van der Waals surface area contributed by atoms with Crippen LogP contribution in [0.25, 0.3) is 0 Å². The number of hydrogen-bond acceptors (Lipinski definition) is 3. The van der Waals surface area contributed by atoms with Gasteiger partial charge in [0.15, 0.2) is 0 Å². The minimum Gasteiger partial charge on any atom is -0.373 e. The Balaban J connectivity index is 1.98.